The fraction of sp³-hybridized carbons (Fsp3) is 0. The fourth-order valence-corrected chi connectivity index (χ4v) is 0. The summed E-state index contributed by atoms with van der Waals surface area (Å²) in [5.74, 6) is 0. The summed E-state index contributed by atoms with van der Waals surface area (Å²) in [6.45, 7) is 0. The van der Waals surface area contributed by atoms with Crippen LogP contribution in [-0.4, -0.2) is 19.8 Å². The smallest absolute Gasteiger partial charge is 0 e. The zero-order valence-corrected chi connectivity index (χ0v) is 18.1. The molecule has 0 spiro atoms. The van der Waals surface area contributed by atoms with Crippen LogP contribution in [0.2, 0.25) is 0 Å². The van der Waals surface area contributed by atoms with Gasteiger partial charge in [-0.2, -0.15) is 0 Å². The molecular formula is GaGdHoScTbYYb. The van der Waals surface area contributed by atoms with Crippen LogP contribution in [-0.2, 0) is 58.6 Å². The molecule has 0 amide bonds. The number of rotatable bonds is 0. The van der Waals surface area contributed by atoms with Crippen molar-refractivity contribution in [3.05, 3.63) is 0 Å². The van der Waals surface area contributed by atoms with E-state index in [1.54, 1.807) is 0 Å². The monoisotopic (exact) mass is 859 g/mol. The molecule has 0 unspecified atom stereocenters. The van der Waals surface area contributed by atoms with Crippen LogP contribution in [0.3, 0.4) is 0 Å². The first-order valence-electron chi connectivity index (χ1n) is 0. The fourth-order valence-electron chi connectivity index (χ4n) is 0. The van der Waals surface area contributed by atoms with E-state index in [0.29, 0.717) is 0 Å². The number of hydrogen-bond donors (Lipinski definition) is 0. The molecule has 0 aromatic heterocycles. The van der Waals surface area contributed by atoms with E-state index in [-0.39, 0.29) is 242 Å². The van der Waals surface area contributed by atoms with Crippen molar-refractivity contribution >= 4 is 19.8 Å². The van der Waals surface area contributed by atoms with E-state index in [1.807, 2.05) is 0 Å². The Balaban J connectivity index is 0. The van der Waals surface area contributed by atoms with Gasteiger partial charge in [0.1, 0.15) is 0 Å². The van der Waals surface area contributed by atoms with Gasteiger partial charge in [-0.1, -0.05) is 0 Å². The normalized spacial score (nSPS) is 0. The van der Waals surface area contributed by atoms with Crippen LogP contribution in [0.15, 0.2) is 0 Å². The van der Waals surface area contributed by atoms with Crippen molar-refractivity contribution in [1.29, 1.82) is 0 Å². The van der Waals surface area contributed by atoms with Crippen LogP contribution >= 0.6 is 0 Å². The first kappa shape index (κ1) is 45.9. The summed E-state index contributed by atoms with van der Waals surface area (Å²) in [6, 6.07) is 0. The summed E-state index contributed by atoms with van der Waals surface area (Å²) in [4.78, 5) is 0. The molecule has 0 atom stereocenters. The zero-order chi connectivity index (χ0) is 0. The van der Waals surface area contributed by atoms with Crippen molar-refractivity contribution in [2.75, 3.05) is 0 Å². The van der Waals surface area contributed by atoms with E-state index >= 15 is 0 Å². The Morgan fingerprint density at radius 3 is 1.00 bits per heavy atom. The van der Waals surface area contributed by atoms with E-state index in [9.17, 15) is 0 Å². The summed E-state index contributed by atoms with van der Waals surface area (Å²) in [5.41, 5.74) is 0. The van der Waals surface area contributed by atoms with Crippen LogP contribution in [0, 0.1) is 163 Å². The molecule has 0 saturated heterocycles. The van der Waals surface area contributed by atoms with E-state index in [0.717, 1.165) is 0 Å². The second kappa shape index (κ2) is 37.0. The Hall–Kier alpha value is 8.00. The van der Waals surface area contributed by atoms with Crippen LogP contribution in [0.4, 0.5) is 0 Å². The van der Waals surface area contributed by atoms with E-state index in [2.05, 4.69) is 0 Å². The van der Waals surface area contributed by atoms with E-state index < -0.39 is 0 Å². The van der Waals surface area contributed by atoms with Crippen LogP contribution in [0.5, 0.6) is 0 Å². The Labute approximate surface area is 233 Å². The molecule has 7 heteroatoms. The summed E-state index contributed by atoms with van der Waals surface area (Å²) in [7, 11) is 0. The molecular weight excluding hydrogens is 858 g/mol. The van der Waals surface area contributed by atoms with Gasteiger partial charge in [-0.3, -0.25) is 0 Å². The third-order valence-electron chi connectivity index (χ3n) is 0. The Bertz CT molecular complexity index is 19.7. The van der Waals surface area contributed by atoms with Gasteiger partial charge in [-0.15, -0.1) is 0 Å². The van der Waals surface area contributed by atoms with Gasteiger partial charge in [0, 0.05) is 242 Å². The van der Waals surface area contributed by atoms with Gasteiger partial charge in [0.05, 0.1) is 0 Å². The largest absolute Gasteiger partial charge is 0 e. The molecule has 0 saturated carbocycles. The van der Waals surface area contributed by atoms with Crippen LogP contribution in [0.25, 0.3) is 0 Å². The van der Waals surface area contributed by atoms with Crippen molar-refractivity contribution in [2.24, 2.45) is 0 Å². The average Bonchev–Trinajstić information content (AvgIpc) is 0. The van der Waals surface area contributed by atoms with Gasteiger partial charge in [0.15, 0.2) is 0 Å². The van der Waals surface area contributed by atoms with Gasteiger partial charge < -0.3 is 0 Å². The molecule has 0 aromatic carbocycles. The average molecular weight is 858 g/mol. The van der Waals surface area contributed by atoms with Crippen molar-refractivity contribution < 1.29 is 222 Å². The molecule has 0 heterocycles. The minimum atomic E-state index is 0. The van der Waals surface area contributed by atoms with Gasteiger partial charge in [0.2, 0.25) is 0 Å². The molecule has 0 aliphatic rings. The first-order chi connectivity index (χ1) is 0. The van der Waals surface area contributed by atoms with E-state index in [1.165, 1.54) is 0 Å². The van der Waals surface area contributed by atoms with Crippen LogP contribution in [0.1, 0.15) is 0 Å². The van der Waals surface area contributed by atoms with Crippen molar-refractivity contribution in [1.82, 2.24) is 0 Å². The predicted octanol–water partition coefficient (Wildman–Crippen LogP) is -0.386. The van der Waals surface area contributed by atoms with Crippen molar-refractivity contribution in [2.45, 2.75) is 0 Å². The maximum Gasteiger partial charge on any atom is 0 e. The summed E-state index contributed by atoms with van der Waals surface area (Å²) in [6.07, 6.45) is 0. The van der Waals surface area contributed by atoms with Gasteiger partial charge >= 0.3 is 0 Å². The van der Waals surface area contributed by atoms with Crippen molar-refractivity contribution in [3.63, 3.8) is 0 Å². The molecule has 0 fully saturated rings. The standard InChI is InChI=1S/Ga.Gd.Ho.Sc.Tb.Y.Yb. The first-order valence-corrected chi connectivity index (χ1v) is 0. The maximum absolute atomic E-state index is 0. The molecule has 0 aliphatic heterocycles. The van der Waals surface area contributed by atoms with Crippen LogP contribution < -0.4 is 0 Å². The Morgan fingerprint density at radius 2 is 1.00 bits per heavy atom. The summed E-state index contributed by atoms with van der Waals surface area (Å²) < 4.78 is 0. The van der Waals surface area contributed by atoms with Gasteiger partial charge in [-0.25, -0.2) is 0 Å². The molecule has 0 bridgehead atoms. The van der Waals surface area contributed by atoms with Gasteiger partial charge in [-0.05, 0) is 0 Å². The van der Waals surface area contributed by atoms with Gasteiger partial charge in [0.25, 0.3) is 0 Å². The van der Waals surface area contributed by atoms with Crippen molar-refractivity contribution in [3.8, 4) is 0 Å². The topological polar surface area (TPSA) is 0 Å². The minimum absolute atomic E-state index is 0. The second-order valence-electron chi connectivity index (χ2n) is 0. The molecule has 51 valence electrons. The summed E-state index contributed by atoms with van der Waals surface area (Å²) in [5, 5.41) is 0. The SMILES string of the molecule is [Ga].[Gd].[Ho].[Sc].[Tb].[Y].[Yb]. The molecule has 0 aromatic rings. The molecule has 7 radical (unpaired) electrons. The molecule has 7 heavy (non-hydrogen) atoms. The molecule has 0 aliphatic carbocycles. The third-order valence-corrected chi connectivity index (χ3v) is 0. The summed E-state index contributed by atoms with van der Waals surface area (Å²) >= 11 is 0. The van der Waals surface area contributed by atoms with E-state index in [4.69, 9.17) is 0 Å². The minimum Gasteiger partial charge on any atom is 0 e. The second-order valence-corrected chi connectivity index (χ2v) is 0. The predicted molar refractivity (Wildman–Crippen MR) is 5.75 cm³/mol. The molecule has 0 nitrogen and oxygen atoms in total. The third kappa shape index (κ3) is 31.5. The number of hydrogen-bond acceptors (Lipinski definition) is 0. The Kier molecular flexibility index (Phi) is 243. The quantitative estimate of drug-likeness (QED) is 0.292. The maximum atomic E-state index is 0. The molecule has 0 rings (SSSR count). The Morgan fingerprint density at radius 1 is 1.00 bits per heavy atom. The molecule has 0 N–H and O–H groups in total. The zero-order valence-electron chi connectivity index (χ0n) is 2.99.